The van der Waals surface area contributed by atoms with Gasteiger partial charge in [-0.2, -0.15) is 0 Å². The van der Waals surface area contributed by atoms with Crippen LogP contribution in [-0.4, -0.2) is 0 Å². The molecule has 0 spiro atoms. The van der Waals surface area contributed by atoms with E-state index in [-0.39, 0.29) is 0 Å². The summed E-state index contributed by atoms with van der Waals surface area (Å²) >= 11 is 3.69. The first kappa shape index (κ1) is 17.5. The van der Waals surface area contributed by atoms with E-state index < -0.39 is 0 Å². The summed E-state index contributed by atoms with van der Waals surface area (Å²) in [6, 6.07) is 36.1. The van der Waals surface area contributed by atoms with E-state index in [1.807, 2.05) is 6.07 Å². The summed E-state index contributed by atoms with van der Waals surface area (Å²) in [6.07, 6.45) is 0. The smallest absolute Gasteiger partial charge is 0.143 e. The van der Waals surface area contributed by atoms with E-state index >= 15 is 0 Å². The van der Waals surface area contributed by atoms with Gasteiger partial charge in [0.15, 0.2) is 0 Å². The lowest BCUT2D eigenvalue weighted by molar-refractivity contribution is 0.671. The molecule has 0 saturated carbocycles. The fraction of sp³-hybridized carbons (Fsp3) is 0. The zero-order chi connectivity index (χ0) is 20.1. The minimum absolute atomic E-state index is 0.930. The summed E-state index contributed by atoms with van der Waals surface area (Å²) in [4.78, 5) is 0. The van der Waals surface area contributed by atoms with Crippen molar-refractivity contribution in [3.63, 3.8) is 0 Å². The van der Waals surface area contributed by atoms with E-state index in [0.717, 1.165) is 43.1 Å². The van der Waals surface area contributed by atoms with Crippen LogP contribution in [0.4, 0.5) is 0 Å². The Balaban J connectivity index is 1.70. The van der Waals surface area contributed by atoms with Gasteiger partial charge >= 0.3 is 0 Å². The average molecular weight is 449 g/mol. The molecule has 6 aromatic rings. The van der Waals surface area contributed by atoms with Crippen LogP contribution in [0, 0.1) is 0 Å². The Labute approximate surface area is 182 Å². The second kappa shape index (κ2) is 6.86. The number of para-hydroxylation sites is 2. The van der Waals surface area contributed by atoms with Crippen LogP contribution in [0.3, 0.4) is 0 Å². The molecule has 0 radical (unpaired) electrons. The van der Waals surface area contributed by atoms with Gasteiger partial charge in [-0.15, -0.1) is 0 Å². The van der Waals surface area contributed by atoms with Gasteiger partial charge < -0.3 is 4.42 Å². The number of furan rings is 1. The van der Waals surface area contributed by atoms with Gasteiger partial charge in [-0.25, -0.2) is 0 Å². The largest absolute Gasteiger partial charge is 0.455 e. The summed E-state index contributed by atoms with van der Waals surface area (Å²) in [5.41, 5.74) is 6.43. The number of benzene rings is 5. The highest BCUT2D eigenvalue weighted by molar-refractivity contribution is 9.10. The molecule has 30 heavy (non-hydrogen) atoms. The van der Waals surface area contributed by atoms with E-state index in [4.69, 9.17) is 4.42 Å². The highest BCUT2D eigenvalue weighted by Gasteiger charge is 2.16. The van der Waals surface area contributed by atoms with Gasteiger partial charge in [0, 0.05) is 26.4 Å². The first-order chi connectivity index (χ1) is 14.8. The predicted molar refractivity (Wildman–Crippen MR) is 130 cm³/mol. The Hall–Kier alpha value is -3.36. The van der Waals surface area contributed by atoms with E-state index in [0.29, 0.717) is 0 Å². The second-order valence-electron chi connectivity index (χ2n) is 7.51. The Morgan fingerprint density at radius 2 is 1.13 bits per heavy atom. The maximum Gasteiger partial charge on any atom is 0.143 e. The molecule has 0 N–H and O–H groups in total. The fourth-order valence-electron chi connectivity index (χ4n) is 4.37. The van der Waals surface area contributed by atoms with Gasteiger partial charge in [0.2, 0.25) is 0 Å². The predicted octanol–water partition coefficient (Wildman–Crippen LogP) is 8.84. The van der Waals surface area contributed by atoms with Crippen molar-refractivity contribution in [2.45, 2.75) is 0 Å². The zero-order valence-electron chi connectivity index (χ0n) is 16.1. The van der Waals surface area contributed by atoms with E-state index in [1.165, 1.54) is 16.3 Å². The fourth-order valence-corrected chi connectivity index (χ4v) is 4.85. The Kier molecular flexibility index (Phi) is 4.00. The summed E-state index contributed by atoms with van der Waals surface area (Å²) in [7, 11) is 0. The van der Waals surface area contributed by atoms with Gasteiger partial charge in [-0.3, -0.25) is 0 Å². The molecule has 0 bridgehead atoms. The first-order valence-corrected chi connectivity index (χ1v) is 10.8. The number of hydrogen-bond donors (Lipinski definition) is 0. The molecule has 1 heterocycles. The van der Waals surface area contributed by atoms with Crippen molar-refractivity contribution in [2.75, 3.05) is 0 Å². The van der Waals surface area contributed by atoms with Crippen LogP contribution in [0.5, 0.6) is 0 Å². The molecule has 5 aromatic carbocycles. The Bertz CT molecular complexity index is 1540. The lowest BCUT2D eigenvalue weighted by Crippen LogP contribution is -1.83. The maximum absolute atomic E-state index is 6.60. The summed E-state index contributed by atoms with van der Waals surface area (Å²) in [5.74, 6) is 0. The average Bonchev–Trinajstić information content (AvgIpc) is 3.18. The third kappa shape index (κ3) is 2.68. The number of fused-ring (bicyclic) bond motifs is 4. The highest BCUT2D eigenvalue weighted by Crippen LogP contribution is 2.41. The molecule has 0 aliphatic rings. The van der Waals surface area contributed by atoms with Crippen molar-refractivity contribution in [1.29, 1.82) is 0 Å². The zero-order valence-corrected chi connectivity index (χ0v) is 17.7. The highest BCUT2D eigenvalue weighted by atomic mass is 79.9. The molecule has 1 aromatic heterocycles. The molecule has 0 amide bonds. The third-order valence-electron chi connectivity index (χ3n) is 5.73. The van der Waals surface area contributed by atoms with E-state index in [9.17, 15) is 0 Å². The summed E-state index contributed by atoms with van der Waals surface area (Å²) in [5, 5.41) is 4.72. The molecule has 0 unspecified atom stereocenters. The number of hydrogen-bond acceptors (Lipinski definition) is 1. The molecular weight excluding hydrogens is 432 g/mol. The molecule has 0 aliphatic carbocycles. The van der Waals surface area contributed by atoms with Gasteiger partial charge in [0.1, 0.15) is 11.2 Å². The lowest BCUT2D eigenvalue weighted by Gasteiger charge is -2.09. The van der Waals surface area contributed by atoms with Crippen LogP contribution in [0.25, 0.3) is 55.0 Å². The topological polar surface area (TPSA) is 13.1 Å². The molecule has 0 fully saturated rings. The summed E-state index contributed by atoms with van der Waals surface area (Å²) < 4.78 is 7.66. The van der Waals surface area contributed by atoms with Crippen LogP contribution < -0.4 is 0 Å². The van der Waals surface area contributed by atoms with Crippen molar-refractivity contribution in [3.05, 3.63) is 108 Å². The van der Waals surface area contributed by atoms with Crippen molar-refractivity contribution in [3.8, 4) is 22.3 Å². The van der Waals surface area contributed by atoms with Crippen LogP contribution in [0.1, 0.15) is 0 Å². The van der Waals surface area contributed by atoms with Gasteiger partial charge in [0.25, 0.3) is 0 Å². The number of halogens is 1. The van der Waals surface area contributed by atoms with Gasteiger partial charge in [-0.05, 0) is 34.0 Å². The second-order valence-corrected chi connectivity index (χ2v) is 8.42. The Morgan fingerprint density at radius 3 is 1.93 bits per heavy atom. The standard InChI is InChI=1S/C28H17BrO/c29-20-16-19-10-4-5-11-21(19)26(17-20)25-15-7-14-24-23-13-6-12-22(27(23)30-28(24)25)18-8-2-1-3-9-18/h1-17H. The molecular formula is C28H17BrO. The molecule has 0 atom stereocenters. The van der Waals surface area contributed by atoms with E-state index in [2.05, 4.69) is 113 Å². The van der Waals surface area contributed by atoms with Crippen molar-refractivity contribution >= 4 is 48.6 Å². The van der Waals surface area contributed by atoms with Crippen molar-refractivity contribution < 1.29 is 4.42 Å². The molecule has 0 saturated heterocycles. The van der Waals surface area contributed by atoms with Crippen LogP contribution in [0.2, 0.25) is 0 Å². The normalized spacial score (nSPS) is 11.5. The summed E-state index contributed by atoms with van der Waals surface area (Å²) in [6.45, 7) is 0. The minimum Gasteiger partial charge on any atom is -0.455 e. The molecule has 2 heteroatoms. The van der Waals surface area contributed by atoms with E-state index in [1.54, 1.807) is 0 Å². The molecule has 1 nitrogen and oxygen atoms in total. The maximum atomic E-state index is 6.60. The van der Waals surface area contributed by atoms with Crippen LogP contribution in [0.15, 0.2) is 112 Å². The third-order valence-corrected chi connectivity index (χ3v) is 6.18. The molecule has 142 valence electrons. The van der Waals surface area contributed by atoms with Crippen LogP contribution >= 0.6 is 15.9 Å². The monoisotopic (exact) mass is 448 g/mol. The quantitative estimate of drug-likeness (QED) is 0.257. The molecule has 0 aliphatic heterocycles. The Morgan fingerprint density at radius 1 is 0.500 bits per heavy atom. The van der Waals surface area contributed by atoms with Crippen molar-refractivity contribution in [1.82, 2.24) is 0 Å². The van der Waals surface area contributed by atoms with Gasteiger partial charge in [-0.1, -0.05) is 107 Å². The minimum atomic E-state index is 0.930. The lowest BCUT2D eigenvalue weighted by atomic mass is 9.96. The van der Waals surface area contributed by atoms with Gasteiger partial charge in [0.05, 0.1) is 0 Å². The van der Waals surface area contributed by atoms with Crippen LogP contribution in [-0.2, 0) is 0 Å². The van der Waals surface area contributed by atoms with Crippen molar-refractivity contribution in [2.24, 2.45) is 0 Å². The first-order valence-electron chi connectivity index (χ1n) is 9.98. The number of rotatable bonds is 2. The SMILES string of the molecule is Brc1cc(-c2cccc3c2oc2c(-c4ccccc4)cccc23)c2ccccc2c1. The molecule has 6 rings (SSSR count).